The van der Waals surface area contributed by atoms with Crippen molar-refractivity contribution in [3.05, 3.63) is 66.4 Å². The summed E-state index contributed by atoms with van der Waals surface area (Å²) < 4.78 is 5.50. The Bertz CT molecular complexity index is 1490. The van der Waals surface area contributed by atoms with Crippen LogP contribution in [0.1, 0.15) is 10.4 Å². The fourth-order valence-corrected chi connectivity index (χ4v) is 4.95. The molecule has 2 fully saturated rings. The lowest BCUT2D eigenvalue weighted by molar-refractivity contribution is 0.0664. The van der Waals surface area contributed by atoms with Gasteiger partial charge in [0.1, 0.15) is 5.52 Å². The van der Waals surface area contributed by atoms with Gasteiger partial charge in [-0.25, -0.2) is 14.8 Å². The van der Waals surface area contributed by atoms with Crippen molar-refractivity contribution in [2.45, 2.75) is 0 Å². The molecule has 3 N–H and O–H groups in total. The van der Waals surface area contributed by atoms with Gasteiger partial charge in [0.2, 0.25) is 0 Å². The summed E-state index contributed by atoms with van der Waals surface area (Å²) in [6, 6.07) is 16.0. The lowest BCUT2D eigenvalue weighted by atomic mass is 10.1. The van der Waals surface area contributed by atoms with Crippen LogP contribution < -0.4 is 15.5 Å². The number of ether oxygens (including phenoxy) is 1. The summed E-state index contributed by atoms with van der Waals surface area (Å²) in [6.07, 6.45) is 1.87. The minimum Gasteiger partial charge on any atom is -0.378 e. The van der Waals surface area contributed by atoms with E-state index in [-0.39, 0.29) is 11.9 Å². The van der Waals surface area contributed by atoms with E-state index in [1.165, 1.54) is 0 Å². The van der Waals surface area contributed by atoms with Crippen molar-refractivity contribution in [2.24, 2.45) is 0 Å². The molecule has 206 valence electrons. The zero-order valence-electron chi connectivity index (χ0n) is 22.4. The third-order valence-corrected chi connectivity index (χ3v) is 7.28. The van der Waals surface area contributed by atoms with E-state index >= 15 is 0 Å². The van der Waals surface area contributed by atoms with Gasteiger partial charge >= 0.3 is 6.03 Å². The van der Waals surface area contributed by atoms with Gasteiger partial charge in [-0.1, -0.05) is 0 Å². The number of anilines is 3. The summed E-state index contributed by atoms with van der Waals surface area (Å²) in [4.78, 5) is 44.5. The average Bonchev–Trinajstić information content (AvgIpc) is 3.47. The highest BCUT2D eigenvalue weighted by atomic mass is 16.5. The van der Waals surface area contributed by atoms with Crippen molar-refractivity contribution in [1.82, 2.24) is 24.8 Å². The fourth-order valence-electron chi connectivity index (χ4n) is 4.95. The van der Waals surface area contributed by atoms with Gasteiger partial charge in [0.25, 0.3) is 5.91 Å². The molecule has 40 heavy (non-hydrogen) atoms. The van der Waals surface area contributed by atoms with Gasteiger partial charge in [0.05, 0.1) is 18.7 Å². The number of carbonyl (C=O) groups excluding carboxylic acids is 2. The maximum absolute atomic E-state index is 12.8. The monoisotopic (exact) mass is 540 g/mol. The number of rotatable bonds is 5. The number of morpholine rings is 1. The molecule has 2 aliphatic rings. The Hall–Kier alpha value is -4.48. The summed E-state index contributed by atoms with van der Waals surface area (Å²) in [5.41, 5.74) is 4.47. The molecule has 3 amide bonds. The number of carbonyl (C=O) groups is 2. The van der Waals surface area contributed by atoms with Gasteiger partial charge in [-0.05, 0) is 61.6 Å². The summed E-state index contributed by atoms with van der Waals surface area (Å²) in [7, 11) is 2.06. The van der Waals surface area contributed by atoms with Crippen molar-refractivity contribution >= 4 is 40.2 Å². The predicted octanol–water partition coefficient (Wildman–Crippen LogP) is 3.49. The molecule has 2 aromatic carbocycles. The van der Waals surface area contributed by atoms with Gasteiger partial charge < -0.3 is 35.1 Å². The molecule has 11 heteroatoms. The number of likely N-dealkylation sites (N-methyl/N-ethyl adjacent to an activating group) is 1. The number of aromatic nitrogens is 3. The number of H-pyrrole nitrogens is 1. The predicted molar refractivity (Wildman–Crippen MR) is 155 cm³/mol. The molecule has 0 radical (unpaired) electrons. The van der Waals surface area contributed by atoms with Gasteiger partial charge in [0.15, 0.2) is 11.6 Å². The topological polar surface area (TPSA) is 119 Å². The minimum absolute atomic E-state index is 0.0147. The van der Waals surface area contributed by atoms with Crippen LogP contribution in [0.15, 0.2) is 60.8 Å². The number of hydrogen-bond acceptors (Lipinski definition) is 7. The first-order valence-corrected chi connectivity index (χ1v) is 13.5. The van der Waals surface area contributed by atoms with Crippen LogP contribution in [-0.2, 0) is 4.74 Å². The molecule has 0 atom stereocenters. The molecule has 0 unspecified atom stereocenters. The second-order valence-electron chi connectivity index (χ2n) is 10.0. The van der Waals surface area contributed by atoms with Gasteiger partial charge in [0, 0.05) is 68.0 Å². The standard InChI is InChI=1S/C29H32N8O3/c1-35-12-14-37(15-13-35)28(38)21-4-8-23(9-5-21)32-29(39)31-22-6-2-20(3-7-22)26-33-24-10-11-30-25(24)27(34-26)36-16-18-40-19-17-36/h2-11,30H,12-19H2,1H3,(H2,31,32,39). The Labute approximate surface area is 232 Å². The molecule has 4 heterocycles. The first-order chi connectivity index (χ1) is 19.5. The Morgan fingerprint density at radius 3 is 2.15 bits per heavy atom. The summed E-state index contributed by atoms with van der Waals surface area (Å²) in [5.74, 6) is 1.50. The Morgan fingerprint density at radius 2 is 1.48 bits per heavy atom. The molecule has 0 aliphatic carbocycles. The van der Waals surface area contributed by atoms with Crippen molar-refractivity contribution in [2.75, 3.05) is 75.1 Å². The van der Waals surface area contributed by atoms with E-state index < -0.39 is 0 Å². The Balaban J connectivity index is 1.09. The van der Waals surface area contributed by atoms with E-state index in [0.717, 1.165) is 61.7 Å². The van der Waals surface area contributed by atoms with E-state index in [2.05, 4.69) is 32.5 Å². The number of hydrogen-bond donors (Lipinski definition) is 3. The smallest absolute Gasteiger partial charge is 0.323 e. The Kier molecular flexibility index (Phi) is 7.30. The van der Waals surface area contributed by atoms with Crippen molar-refractivity contribution < 1.29 is 14.3 Å². The highest BCUT2D eigenvalue weighted by Gasteiger charge is 2.21. The van der Waals surface area contributed by atoms with Gasteiger partial charge in [-0.3, -0.25) is 4.79 Å². The fraction of sp³-hybridized carbons (Fsp3) is 0.310. The molecule has 6 rings (SSSR count). The van der Waals surface area contributed by atoms with E-state index in [1.807, 2.05) is 41.4 Å². The number of nitrogens with zero attached hydrogens (tertiary/aromatic N) is 5. The number of amides is 3. The molecule has 0 spiro atoms. The number of aromatic amines is 1. The second-order valence-corrected chi connectivity index (χ2v) is 10.0. The molecule has 0 bridgehead atoms. The van der Waals surface area contributed by atoms with Gasteiger partial charge in [-0.15, -0.1) is 0 Å². The van der Waals surface area contributed by atoms with Crippen LogP contribution in [0.5, 0.6) is 0 Å². The number of fused-ring (bicyclic) bond motifs is 1. The maximum Gasteiger partial charge on any atom is 0.323 e. The van der Waals surface area contributed by atoms with Crippen LogP contribution in [0.4, 0.5) is 22.0 Å². The van der Waals surface area contributed by atoms with E-state index in [9.17, 15) is 9.59 Å². The zero-order valence-corrected chi connectivity index (χ0v) is 22.4. The number of nitrogens with one attached hydrogen (secondary N) is 3. The van der Waals surface area contributed by atoms with E-state index in [1.54, 1.807) is 24.3 Å². The van der Waals surface area contributed by atoms with Crippen molar-refractivity contribution in [1.29, 1.82) is 0 Å². The minimum atomic E-state index is -0.370. The molecule has 2 aromatic heterocycles. The molecular formula is C29H32N8O3. The third kappa shape index (κ3) is 5.61. The van der Waals surface area contributed by atoms with E-state index in [4.69, 9.17) is 14.7 Å². The zero-order chi connectivity index (χ0) is 27.5. The van der Waals surface area contributed by atoms with Crippen LogP contribution in [0, 0.1) is 0 Å². The number of benzene rings is 2. The first-order valence-electron chi connectivity index (χ1n) is 13.5. The van der Waals surface area contributed by atoms with Crippen molar-refractivity contribution in [3.63, 3.8) is 0 Å². The quantitative estimate of drug-likeness (QED) is 0.355. The van der Waals surface area contributed by atoms with Crippen LogP contribution in [0.2, 0.25) is 0 Å². The third-order valence-electron chi connectivity index (χ3n) is 7.28. The molecule has 4 aromatic rings. The summed E-state index contributed by atoms with van der Waals surface area (Å²) in [6.45, 7) is 6.08. The Morgan fingerprint density at radius 1 is 0.825 bits per heavy atom. The van der Waals surface area contributed by atoms with Crippen LogP contribution in [0.25, 0.3) is 22.4 Å². The molecule has 0 saturated carbocycles. The second kappa shape index (κ2) is 11.3. The molecule has 2 aliphatic heterocycles. The van der Waals surface area contributed by atoms with Crippen LogP contribution in [0.3, 0.4) is 0 Å². The molecule has 11 nitrogen and oxygen atoms in total. The maximum atomic E-state index is 12.8. The lowest BCUT2D eigenvalue weighted by Gasteiger charge is -2.32. The summed E-state index contributed by atoms with van der Waals surface area (Å²) >= 11 is 0. The van der Waals surface area contributed by atoms with Gasteiger partial charge in [-0.2, -0.15) is 0 Å². The number of piperazine rings is 1. The SMILES string of the molecule is CN1CCN(C(=O)c2ccc(NC(=O)Nc3ccc(-c4nc(N5CCOCC5)c5[nH]ccc5n4)cc3)cc2)CC1. The summed E-state index contributed by atoms with van der Waals surface area (Å²) in [5, 5.41) is 5.68. The van der Waals surface area contributed by atoms with Crippen LogP contribution in [-0.4, -0.2) is 96.2 Å². The number of urea groups is 1. The van der Waals surface area contributed by atoms with Crippen LogP contribution >= 0.6 is 0 Å². The lowest BCUT2D eigenvalue weighted by Crippen LogP contribution is -2.47. The normalized spacial score (nSPS) is 16.2. The largest absolute Gasteiger partial charge is 0.378 e. The molecular weight excluding hydrogens is 508 g/mol. The van der Waals surface area contributed by atoms with E-state index in [0.29, 0.717) is 36.0 Å². The highest BCUT2D eigenvalue weighted by Crippen LogP contribution is 2.28. The van der Waals surface area contributed by atoms with Crippen molar-refractivity contribution in [3.8, 4) is 11.4 Å². The highest BCUT2D eigenvalue weighted by molar-refractivity contribution is 6.00. The molecule has 2 saturated heterocycles. The average molecular weight is 541 g/mol. The first kappa shape index (κ1) is 25.8.